The maximum atomic E-state index is 6.59. The summed E-state index contributed by atoms with van der Waals surface area (Å²) in [5, 5.41) is 4.73. The zero-order valence-corrected chi connectivity index (χ0v) is 22.0. The fraction of sp³-hybridized carbons (Fsp3) is 0.276. The van der Waals surface area contributed by atoms with Crippen molar-refractivity contribution in [2.45, 2.75) is 19.3 Å². The Bertz CT molecular complexity index is 1580. The Labute approximate surface area is 226 Å². The molecule has 8 nitrogen and oxygen atoms in total. The quantitative estimate of drug-likeness (QED) is 0.217. The zero-order valence-electron chi connectivity index (χ0n) is 21.2. The van der Waals surface area contributed by atoms with Crippen molar-refractivity contribution in [1.82, 2.24) is 24.4 Å². The Morgan fingerprint density at radius 1 is 0.921 bits per heavy atom. The highest BCUT2D eigenvalue weighted by atomic mass is 35.5. The smallest absolute Gasteiger partial charge is 0.146 e. The van der Waals surface area contributed by atoms with Gasteiger partial charge in [0.2, 0.25) is 0 Å². The summed E-state index contributed by atoms with van der Waals surface area (Å²) in [5.41, 5.74) is 3.53. The van der Waals surface area contributed by atoms with Gasteiger partial charge in [0.1, 0.15) is 29.4 Å². The highest BCUT2D eigenvalue weighted by Crippen LogP contribution is 2.34. The van der Waals surface area contributed by atoms with Crippen LogP contribution in [0.25, 0.3) is 21.9 Å². The largest absolute Gasteiger partial charge is 0.494 e. The highest BCUT2D eigenvalue weighted by molar-refractivity contribution is 6.32. The van der Waals surface area contributed by atoms with E-state index in [9.17, 15) is 0 Å². The third-order valence-electron chi connectivity index (χ3n) is 6.81. The number of fused-ring (bicyclic) bond motifs is 2. The first kappa shape index (κ1) is 24.5. The van der Waals surface area contributed by atoms with Crippen LogP contribution in [0.5, 0.6) is 17.2 Å². The number of nitrogens with zero attached hydrogens (tertiary/aromatic N) is 5. The van der Waals surface area contributed by atoms with Gasteiger partial charge >= 0.3 is 0 Å². The molecule has 9 heteroatoms. The fourth-order valence-corrected chi connectivity index (χ4v) is 5.03. The van der Waals surface area contributed by atoms with E-state index < -0.39 is 0 Å². The zero-order chi connectivity index (χ0) is 25.9. The molecule has 0 bridgehead atoms. The van der Waals surface area contributed by atoms with Gasteiger partial charge in [-0.05, 0) is 80.9 Å². The molecule has 0 saturated carbocycles. The first-order valence-corrected chi connectivity index (χ1v) is 13.3. The summed E-state index contributed by atoms with van der Waals surface area (Å²) in [6, 6.07) is 17.3. The Hall–Kier alpha value is -3.88. The van der Waals surface area contributed by atoms with Crippen molar-refractivity contribution in [3.05, 3.63) is 72.3 Å². The van der Waals surface area contributed by atoms with Gasteiger partial charge in [-0.15, -0.1) is 0 Å². The number of aromatic nitrogens is 4. The van der Waals surface area contributed by atoms with Crippen LogP contribution in [0.1, 0.15) is 19.3 Å². The van der Waals surface area contributed by atoms with Gasteiger partial charge in [-0.2, -0.15) is 0 Å². The van der Waals surface area contributed by atoms with Gasteiger partial charge in [0.25, 0.3) is 0 Å². The summed E-state index contributed by atoms with van der Waals surface area (Å²) in [5.74, 6) is 2.73. The van der Waals surface area contributed by atoms with Gasteiger partial charge in [0.15, 0.2) is 0 Å². The van der Waals surface area contributed by atoms with Gasteiger partial charge in [-0.25, -0.2) is 15.0 Å². The number of hydrogen-bond acceptors (Lipinski definition) is 7. The fourth-order valence-electron chi connectivity index (χ4n) is 4.81. The average Bonchev–Trinajstić information content (AvgIpc) is 3.58. The van der Waals surface area contributed by atoms with E-state index in [1.54, 1.807) is 12.7 Å². The number of imidazole rings is 1. The summed E-state index contributed by atoms with van der Waals surface area (Å²) in [7, 11) is 1.96. The van der Waals surface area contributed by atoms with Crippen LogP contribution in [0.3, 0.4) is 0 Å². The molecule has 0 amide bonds. The predicted octanol–water partition coefficient (Wildman–Crippen LogP) is 6.57. The van der Waals surface area contributed by atoms with E-state index in [1.807, 2.05) is 66.2 Å². The van der Waals surface area contributed by atoms with E-state index in [0.29, 0.717) is 28.9 Å². The third-order valence-corrected chi connectivity index (χ3v) is 7.11. The van der Waals surface area contributed by atoms with Gasteiger partial charge in [0, 0.05) is 30.7 Å². The number of likely N-dealkylation sites (tertiary alicyclic amines) is 1. The molecule has 194 valence electrons. The van der Waals surface area contributed by atoms with Crippen molar-refractivity contribution in [2.24, 2.45) is 7.05 Å². The molecule has 0 unspecified atom stereocenters. The minimum atomic E-state index is 0.483. The summed E-state index contributed by atoms with van der Waals surface area (Å²) in [6.07, 6.45) is 6.96. The van der Waals surface area contributed by atoms with Gasteiger partial charge in [0.05, 0.1) is 34.5 Å². The second-order valence-corrected chi connectivity index (χ2v) is 9.94. The minimum Gasteiger partial charge on any atom is -0.494 e. The van der Waals surface area contributed by atoms with Crippen LogP contribution >= 0.6 is 11.6 Å². The lowest BCUT2D eigenvalue weighted by atomic mass is 10.2. The molecule has 1 N–H and O–H groups in total. The van der Waals surface area contributed by atoms with Crippen LogP contribution in [0.4, 0.5) is 11.5 Å². The molecule has 3 aromatic carbocycles. The molecule has 6 rings (SSSR count). The number of benzene rings is 3. The van der Waals surface area contributed by atoms with Gasteiger partial charge in [-0.1, -0.05) is 11.6 Å². The molecule has 0 aliphatic carbocycles. The Balaban J connectivity index is 1.14. The van der Waals surface area contributed by atoms with E-state index in [4.69, 9.17) is 21.1 Å². The van der Waals surface area contributed by atoms with E-state index >= 15 is 0 Å². The molecule has 0 radical (unpaired) electrons. The molecule has 38 heavy (non-hydrogen) atoms. The topological polar surface area (TPSA) is 77.3 Å². The van der Waals surface area contributed by atoms with Crippen molar-refractivity contribution in [1.29, 1.82) is 0 Å². The lowest BCUT2D eigenvalue weighted by Gasteiger charge is -2.15. The molecule has 1 fully saturated rings. The lowest BCUT2D eigenvalue weighted by molar-refractivity contribution is 0.263. The van der Waals surface area contributed by atoms with Crippen LogP contribution in [0.2, 0.25) is 5.02 Å². The normalized spacial score (nSPS) is 13.8. The van der Waals surface area contributed by atoms with Crippen LogP contribution in [-0.2, 0) is 7.05 Å². The molecular formula is C29H29ClN6O2. The molecule has 1 saturated heterocycles. The number of anilines is 2. The molecule has 0 atom stereocenters. The Morgan fingerprint density at radius 3 is 2.66 bits per heavy atom. The summed E-state index contributed by atoms with van der Waals surface area (Å²) in [4.78, 5) is 15.8. The molecule has 1 aliphatic rings. The number of rotatable bonds is 9. The SMILES string of the molecule is Cn1cnc2cc(Oc3ccc(Nc4ncnc5ccc(OCCCN6CCCC6)cc45)cc3Cl)ccc21. The van der Waals surface area contributed by atoms with Gasteiger partial charge in [-0.3, -0.25) is 0 Å². The number of halogens is 1. The first-order chi connectivity index (χ1) is 18.6. The number of ether oxygens (including phenoxy) is 2. The van der Waals surface area contributed by atoms with E-state index in [2.05, 4.69) is 25.2 Å². The standard InChI is InChI=1S/C29H29ClN6O2/c1-35-19-33-26-17-22(7-9-27(26)35)38-28-10-5-20(15-24(28)30)34-29-23-16-21(6-8-25(23)31-18-32-29)37-14-4-13-36-11-2-3-12-36/h5-10,15-19H,2-4,11-14H2,1H3,(H,31,32,34). The van der Waals surface area contributed by atoms with Crippen LogP contribution in [0.15, 0.2) is 67.3 Å². The monoisotopic (exact) mass is 528 g/mol. The number of hydrogen-bond donors (Lipinski definition) is 1. The van der Waals surface area contributed by atoms with Crippen molar-refractivity contribution >= 4 is 45.0 Å². The maximum Gasteiger partial charge on any atom is 0.146 e. The van der Waals surface area contributed by atoms with Gasteiger partial charge < -0.3 is 24.3 Å². The molecular weight excluding hydrogens is 500 g/mol. The molecule has 1 aliphatic heterocycles. The highest BCUT2D eigenvalue weighted by Gasteiger charge is 2.12. The molecule has 2 aromatic heterocycles. The van der Waals surface area contributed by atoms with E-state index in [1.165, 1.54) is 25.9 Å². The van der Waals surface area contributed by atoms with Crippen LogP contribution in [0, 0.1) is 0 Å². The van der Waals surface area contributed by atoms with Crippen molar-refractivity contribution in [3.63, 3.8) is 0 Å². The second kappa shape index (κ2) is 10.8. The van der Waals surface area contributed by atoms with E-state index in [0.717, 1.165) is 46.3 Å². The van der Waals surface area contributed by atoms with Crippen molar-refractivity contribution in [2.75, 3.05) is 31.6 Å². The minimum absolute atomic E-state index is 0.483. The summed E-state index contributed by atoms with van der Waals surface area (Å²) >= 11 is 6.59. The Kier molecular flexibility index (Phi) is 6.98. The molecule has 5 aromatic rings. The number of nitrogens with one attached hydrogen (secondary N) is 1. The van der Waals surface area contributed by atoms with E-state index in [-0.39, 0.29) is 0 Å². The first-order valence-electron chi connectivity index (χ1n) is 12.9. The Morgan fingerprint density at radius 2 is 1.79 bits per heavy atom. The van der Waals surface area contributed by atoms with Crippen LogP contribution in [-0.4, -0.2) is 50.7 Å². The summed E-state index contributed by atoms with van der Waals surface area (Å²) in [6.45, 7) is 4.19. The average molecular weight is 529 g/mol. The number of aryl methyl sites for hydroxylation is 1. The molecule has 0 spiro atoms. The third kappa shape index (κ3) is 5.37. The maximum absolute atomic E-state index is 6.59. The predicted molar refractivity (Wildman–Crippen MR) is 151 cm³/mol. The lowest BCUT2D eigenvalue weighted by Crippen LogP contribution is -2.21. The summed E-state index contributed by atoms with van der Waals surface area (Å²) < 4.78 is 14.1. The van der Waals surface area contributed by atoms with Crippen molar-refractivity contribution < 1.29 is 9.47 Å². The second-order valence-electron chi connectivity index (χ2n) is 9.53. The van der Waals surface area contributed by atoms with Crippen molar-refractivity contribution in [3.8, 4) is 17.2 Å². The molecule has 3 heterocycles. The van der Waals surface area contributed by atoms with Crippen LogP contribution < -0.4 is 14.8 Å².